The monoisotopic (exact) mass is 564 g/mol. The van der Waals surface area contributed by atoms with Crippen molar-refractivity contribution in [1.29, 1.82) is 0 Å². The number of anilines is 1. The average molecular weight is 565 g/mol. The average Bonchev–Trinajstić information content (AvgIpc) is 3.19. The van der Waals surface area contributed by atoms with E-state index in [2.05, 4.69) is 49.1 Å². The third-order valence-corrected chi connectivity index (χ3v) is 11.5. The molecule has 0 saturated carbocycles. The van der Waals surface area contributed by atoms with Gasteiger partial charge in [0.25, 0.3) is 0 Å². The van der Waals surface area contributed by atoms with Crippen LogP contribution in [0.2, 0.25) is 23.4 Å². The summed E-state index contributed by atoms with van der Waals surface area (Å²) in [6.45, 7) is 17.6. The molecule has 1 aromatic heterocycles. The van der Waals surface area contributed by atoms with Crippen LogP contribution in [-0.2, 0) is 9.16 Å². The van der Waals surface area contributed by atoms with Gasteiger partial charge in [-0.2, -0.15) is 4.98 Å². The summed E-state index contributed by atoms with van der Waals surface area (Å²) in [5.74, 6) is 1.57. The van der Waals surface area contributed by atoms with Crippen molar-refractivity contribution >= 4 is 31.7 Å². The van der Waals surface area contributed by atoms with Crippen LogP contribution >= 0.6 is 11.6 Å². The summed E-state index contributed by atoms with van der Waals surface area (Å²) in [5, 5.41) is 3.49. The molecule has 0 spiro atoms. The van der Waals surface area contributed by atoms with Crippen molar-refractivity contribution in [2.24, 2.45) is 0 Å². The number of benzene rings is 1. The van der Waals surface area contributed by atoms with Crippen molar-refractivity contribution in [3.63, 3.8) is 0 Å². The molecule has 38 heavy (non-hydrogen) atoms. The molecule has 11 heteroatoms. The first-order valence-corrected chi connectivity index (χ1v) is 16.1. The van der Waals surface area contributed by atoms with E-state index in [4.69, 9.17) is 30.2 Å². The zero-order valence-corrected chi connectivity index (χ0v) is 25.7. The molecule has 3 rings (SSSR count). The number of nitrogens with one attached hydrogen (secondary N) is 1. The van der Waals surface area contributed by atoms with Gasteiger partial charge in [0, 0.05) is 13.1 Å². The lowest BCUT2D eigenvalue weighted by Crippen LogP contribution is -2.45. The van der Waals surface area contributed by atoms with Gasteiger partial charge in [-0.3, -0.25) is 0 Å². The van der Waals surface area contributed by atoms with Gasteiger partial charge in [0.15, 0.2) is 8.32 Å². The highest BCUT2D eigenvalue weighted by Crippen LogP contribution is 2.39. The zero-order chi connectivity index (χ0) is 28.3. The first kappa shape index (κ1) is 30.0. The van der Waals surface area contributed by atoms with Crippen molar-refractivity contribution < 1.29 is 23.4 Å². The lowest BCUT2D eigenvalue weighted by molar-refractivity contribution is 0.0218. The molecule has 2 atom stereocenters. The van der Waals surface area contributed by atoms with E-state index in [1.807, 2.05) is 20.8 Å². The number of amides is 1. The number of ether oxygens (including phenoxy) is 3. The number of aromatic nitrogens is 2. The number of halogens is 1. The minimum Gasteiger partial charge on any atom is -0.497 e. The number of carbonyl (C=O) groups excluding carboxylic acids is 1. The molecule has 9 nitrogen and oxygen atoms in total. The number of carbonyl (C=O) groups is 1. The molecule has 2 aromatic rings. The molecular formula is C27H41ClN4O5Si. The topological polar surface area (TPSA) is 95.0 Å². The van der Waals surface area contributed by atoms with Crippen LogP contribution in [0.3, 0.4) is 0 Å². The minimum atomic E-state index is -2.03. The molecule has 0 bridgehead atoms. The molecule has 1 aliphatic rings. The van der Waals surface area contributed by atoms with E-state index < -0.39 is 13.9 Å². The molecule has 1 N–H and O–H groups in total. The summed E-state index contributed by atoms with van der Waals surface area (Å²) in [7, 11) is -0.421. The zero-order valence-electron chi connectivity index (χ0n) is 23.9. The highest BCUT2D eigenvalue weighted by molar-refractivity contribution is 6.74. The van der Waals surface area contributed by atoms with E-state index in [1.165, 1.54) is 0 Å². The quantitative estimate of drug-likeness (QED) is 0.278. The Morgan fingerprint density at radius 3 is 2.34 bits per heavy atom. The standard InChI is InChI=1S/C27H41ClN4O5Si/c1-26(2,3)36-25(33)32-17-21(37-38(8,9)27(4,5)6)14-18(32)15-29-22-16-30-24(28)31-23(22)35-20-12-10-19(34-7)11-13-20/h10-13,16,18,21,29H,14-15,17H2,1-9H3/t18?,21-/m1/s1. The Hall–Kier alpha value is -2.56. The van der Waals surface area contributed by atoms with E-state index in [1.54, 1.807) is 42.5 Å². The minimum absolute atomic E-state index is 0.0639. The Morgan fingerprint density at radius 2 is 1.76 bits per heavy atom. The van der Waals surface area contributed by atoms with E-state index in [0.29, 0.717) is 36.7 Å². The molecule has 0 radical (unpaired) electrons. The maximum absolute atomic E-state index is 13.2. The van der Waals surface area contributed by atoms with Crippen LogP contribution < -0.4 is 14.8 Å². The smallest absolute Gasteiger partial charge is 0.410 e. The van der Waals surface area contributed by atoms with Gasteiger partial charge in [0.1, 0.15) is 22.8 Å². The maximum Gasteiger partial charge on any atom is 0.410 e. The lowest BCUT2D eigenvalue weighted by Gasteiger charge is -2.38. The van der Waals surface area contributed by atoms with Crippen molar-refractivity contribution in [3.05, 3.63) is 35.7 Å². The molecule has 2 heterocycles. The van der Waals surface area contributed by atoms with Crippen molar-refractivity contribution in [2.45, 2.75) is 83.8 Å². The molecule has 1 saturated heterocycles. The van der Waals surface area contributed by atoms with Crippen LogP contribution in [0.5, 0.6) is 17.4 Å². The summed E-state index contributed by atoms with van der Waals surface area (Å²) in [5.41, 5.74) is -0.0419. The lowest BCUT2D eigenvalue weighted by atomic mass is 10.2. The Bertz CT molecular complexity index is 1100. The fourth-order valence-electron chi connectivity index (χ4n) is 3.82. The third-order valence-electron chi connectivity index (χ3n) is 6.80. The number of hydrogen-bond acceptors (Lipinski definition) is 8. The molecule has 210 valence electrons. The van der Waals surface area contributed by atoms with Gasteiger partial charge in [0.05, 0.1) is 25.5 Å². The van der Waals surface area contributed by atoms with Gasteiger partial charge in [-0.05, 0) is 81.2 Å². The van der Waals surface area contributed by atoms with Crippen molar-refractivity contribution in [3.8, 4) is 17.4 Å². The van der Waals surface area contributed by atoms with E-state index >= 15 is 0 Å². The van der Waals surface area contributed by atoms with Crippen LogP contribution in [0.4, 0.5) is 10.5 Å². The van der Waals surface area contributed by atoms with Gasteiger partial charge in [-0.1, -0.05) is 20.8 Å². The summed E-state index contributed by atoms with van der Waals surface area (Å²) >= 11 is 6.07. The fourth-order valence-corrected chi connectivity index (χ4v) is 5.30. The van der Waals surface area contributed by atoms with E-state index in [-0.39, 0.29) is 34.4 Å². The number of hydrogen-bond donors (Lipinski definition) is 1. The summed E-state index contributed by atoms with van der Waals surface area (Å²) in [6.07, 6.45) is 1.83. The number of likely N-dealkylation sites (tertiary alicyclic amines) is 1. The fraction of sp³-hybridized carbons (Fsp3) is 0.593. The number of rotatable bonds is 8. The van der Waals surface area contributed by atoms with Gasteiger partial charge >= 0.3 is 6.09 Å². The molecule has 1 amide bonds. The van der Waals surface area contributed by atoms with Crippen molar-refractivity contribution in [2.75, 3.05) is 25.5 Å². The van der Waals surface area contributed by atoms with E-state index in [0.717, 1.165) is 0 Å². The van der Waals surface area contributed by atoms with Crippen molar-refractivity contribution in [1.82, 2.24) is 14.9 Å². The Morgan fingerprint density at radius 1 is 1.13 bits per heavy atom. The van der Waals surface area contributed by atoms with Crippen LogP contribution in [0.25, 0.3) is 0 Å². The second-order valence-electron chi connectivity index (χ2n) is 12.0. The van der Waals surface area contributed by atoms with E-state index in [9.17, 15) is 4.79 Å². The molecule has 1 unspecified atom stereocenters. The molecule has 0 aliphatic carbocycles. The normalized spacial score (nSPS) is 18.3. The van der Waals surface area contributed by atoms with Gasteiger partial charge in [-0.15, -0.1) is 0 Å². The number of methoxy groups -OCH3 is 1. The first-order chi connectivity index (χ1) is 17.6. The first-order valence-electron chi connectivity index (χ1n) is 12.8. The highest BCUT2D eigenvalue weighted by atomic mass is 35.5. The van der Waals surface area contributed by atoms with Gasteiger partial charge < -0.3 is 28.9 Å². The largest absolute Gasteiger partial charge is 0.497 e. The Balaban J connectivity index is 1.78. The third kappa shape index (κ3) is 7.97. The molecule has 1 fully saturated rings. The molecule has 1 aromatic carbocycles. The second kappa shape index (κ2) is 11.7. The van der Waals surface area contributed by atoms with Crippen LogP contribution in [-0.4, -0.2) is 67.2 Å². The Labute approximate surface area is 232 Å². The molecular weight excluding hydrogens is 524 g/mol. The van der Waals surface area contributed by atoms with Crippen LogP contribution in [0.1, 0.15) is 48.0 Å². The summed E-state index contributed by atoms with van der Waals surface area (Å²) in [6, 6.07) is 6.99. The predicted octanol–water partition coefficient (Wildman–Crippen LogP) is 6.74. The summed E-state index contributed by atoms with van der Waals surface area (Å²) in [4.78, 5) is 23.3. The Kier molecular flexibility index (Phi) is 9.21. The maximum atomic E-state index is 13.2. The van der Waals surface area contributed by atoms with Crippen LogP contribution in [0.15, 0.2) is 30.5 Å². The SMILES string of the molecule is COc1ccc(Oc2nc(Cl)ncc2NCC2C[C@@H](O[Si](C)(C)C(C)(C)C)CN2C(=O)OC(C)(C)C)cc1. The van der Waals surface area contributed by atoms with Gasteiger partial charge in [0.2, 0.25) is 11.2 Å². The predicted molar refractivity (Wildman–Crippen MR) is 152 cm³/mol. The summed E-state index contributed by atoms with van der Waals surface area (Å²) < 4.78 is 23.6. The second-order valence-corrected chi connectivity index (χ2v) is 17.1. The van der Waals surface area contributed by atoms with Crippen LogP contribution in [0, 0.1) is 0 Å². The molecule has 1 aliphatic heterocycles. The number of nitrogens with zero attached hydrogens (tertiary/aromatic N) is 3. The van der Waals surface area contributed by atoms with Gasteiger partial charge in [-0.25, -0.2) is 9.78 Å². The highest BCUT2D eigenvalue weighted by Gasteiger charge is 2.44.